The van der Waals surface area contributed by atoms with Crippen LogP contribution in [0.4, 0.5) is 15.9 Å². The second kappa shape index (κ2) is 8.07. The number of H-pyrrole nitrogens is 1. The number of ether oxygens (including phenoxy) is 1. The molecule has 0 spiro atoms. The summed E-state index contributed by atoms with van der Waals surface area (Å²) < 4.78 is 20.0. The largest absolute Gasteiger partial charge is 0.464 e. The number of nitrogens with one attached hydrogen (secondary N) is 2. The van der Waals surface area contributed by atoms with Crippen LogP contribution in [0.3, 0.4) is 0 Å². The number of anilines is 2. The SMILES string of the molecule is CNc1cc(F)cc2c1[nH]c1nc(Sc3cnc(C(=O)OC)s3)nc(N3CC4CC3CC4N)c12. The Labute approximate surface area is 202 Å². The van der Waals surface area contributed by atoms with Crippen LogP contribution in [-0.4, -0.2) is 58.7 Å². The van der Waals surface area contributed by atoms with Crippen molar-refractivity contribution in [3.05, 3.63) is 29.2 Å². The van der Waals surface area contributed by atoms with Crippen molar-refractivity contribution in [3.8, 4) is 0 Å². The molecule has 1 saturated heterocycles. The van der Waals surface area contributed by atoms with E-state index >= 15 is 0 Å². The lowest BCUT2D eigenvalue weighted by molar-refractivity contribution is 0.0600. The van der Waals surface area contributed by atoms with Gasteiger partial charge in [-0.15, -0.1) is 11.3 Å². The number of nitrogens with zero attached hydrogens (tertiary/aromatic N) is 4. The van der Waals surface area contributed by atoms with E-state index in [-0.39, 0.29) is 16.9 Å². The van der Waals surface area contributed by atoms with Crippen LogP contribution in [-0.2, 0) is 4.74 Å². The number of thiazole rings is 1. The predicted octanol–water partition coefficient (Wildman–Crippen LogP) is 3.61. The highest BCUT2D eigenvalue weighted by Gasteiger charge is 2.44. The maximum Gasteiger partial charge on any atom is 0.367 e. The zero-order valence-electron chi connectivity index (χ0n) is 18.5. The molecule has 1 aromatic carbocycles. The number of aromatic nitrogens is 4. The average molecular weight is 500 g/mol. The van der Waals surface area contributed by atoms with Crippen LogP contribution in [0.1, 0.15) is 22.6 Å². The number of fused-ring (bicyclic) bond motifs is 5. The van der Waals surface area contributed by atoms with Gasteiger partial charge in [0.25, 0.3) is 0 Å². The molecular formula is C22H22FN7O2S2. The third-order valence-electron chi connectivity index (χ3n) is 6.66. The molecule has 34 heavy (non-hydrogen) atoms. The van der Waals surface area contributed by atoms with E-state index in [1.54, 1.807) is 13.2 Å². The Morgan fingerprint density at radius 3 is 2.94 bits per heavy atom. The van der Waals surface area contributed by atoms with Crippen LogP contribution in [0.25, 0.3) is 21.9 Å². The van der Waals surface area contributed by atoms with Gasteiger partial charge in [0, 0.05) is 31.1 Å². The predicted molar refractivity (Wildman–Crippen MR) is 130 cm³/mol. The standard InChI is InChI=1S/C22H22FN7O2S2/c1-25-14-5-10(23)4-12-16-18(27-17(12)14)28-22(34-15-7-26-20(33-15)21(31)32-2)29-19(16)30-8-9-3-11(30)6-13(9)24/h4-5,7,9,11,13,25H,3,6,8,24H2,1-2H3,(H,27,28,29). The average Bonchev–Trinajstić information content (AvgIpc) is 3.60. The van der Waals surface area contributed by atoms with Gasteiger partial charge >= 0.3 is 5.97 Å². The van der Waals surface area contributed by atoms with E-state index in [9.17, 15) is 9.18 Å². The molecule has 0 amide bonds. The summed E-state index contributed by atoms with van der Waals surface area (Å²) in [4.78, 5) is 31.3. The number of hydrogen-bond donors (Lipinski definition) is 3. The molecule has 1 saturated carbocycles. The molecule has 4 N–H and O–H groups in total. The number of benzene rings is 1. The van der Waals surface area contributed by atoms with Crippen LogP contribution < -0.4 is 16.0 Å². The van der Waals surface area contributed by atoms with Crippen molar-refractivity contribution in [2.24, 2.45) is 11.7 Å². The molecule has 4 heterocycles. The first kappa shape index (κ1) is 21.6. The monoisotopic (exact) mass is 499 g/mol. The number of carbonyl (C=O) groups excluding carboxylic acids is 1. The summed E-state index contributed by atoms with van der Waals surface area (Å²) in [6.07, 6.45) is 3.56. The molecule has 2 bridgehead atoms. The van der Waals surface area contributed by atoms with E-state index in [1.807, 2.05) is 0 Å². The number of carbonyl (C=O) groups is 1. The van der Waals surface area contributed by atoms with Crippen molar-refractivity contribution < 1.29 is 13.9 Å². The second-order valence-electron chi connectivity index (χ2n) is 8.58. The smallest absolute Gasteiger partial charge is 0.367 e. The fourth-order valence-corrected chi connectivity index (χ4v) is 6.86. The molecular weight excluding hydrogens is 477 g/mol. The topological polar surface area (TPSA) is 122 Å². The molecule has 1 aliphatic heterocycles. The van der Waals surface area contributed by atoms with Crippen LogP contribution in [0.15, 0.2) is 27.7 Å². The Hall–Kier alpha value is -2.96. The summed E-state index contributed by atoms with van der Waals surface area (Å²) >= 11 is 2.56. The van der Waals surface area contributed by atoms with Gasteiger partial charge in [0.1, 0.15) is 17.3 Å². The molecule has 12 heteroatoms. The van der Waals surface area contributed by atoms with Gasteiger partial charge in [0.2, 0.25) is 5.01 Å². The third-order valence-corrected chi connectivity index (χ3v) is 8.60. The van der Waals surface area contributed by atoms with Crippen molar-refractivity contribution >= 4 is 62.5 Å². The molecule has 4 aromatic rings. The van der Waals surface area contributed by atoms with Gasteiger partial charge in [-0.1, -0.05) is 0 Å². The molecule has 3 unspecified atom stereocenters. The highest BCUT2D eigenvalue weighted by molar-refractivity contribution is 8.01. The van der Waals surface area contributed by atoms with E-state index in [0.717, 1.165) is 45.7 Å². The van der Waals surface area contributed by atoms with E-state index in [0.29, 0.717) is 28.5 Å². The Bertz CT molecular complexity index is 1440. The van der Waals surface area contributed by atoms with Crippen LogP contribution in [0, 0.1) is 11.7 Å². The quantitative estimate of drug-likeness (QED) is 0.279. The molecule has 3 aromatic heterocycles. The lowest BCUT2D eigenvalue weighted by Gasteiger charge is -2.31. The molecule has 2 fully saturated rings. The molecule has 1 aliphatic carbocycles. The number of piperidine rings is 1. The second-order valence-corrected chi connectivity index (χ2v) is 10.9. The zero-order chi connectivity index (χ0) is 23.6. The van der Waals surface area contributed by atoms with Crippen molar-refractivity contribution in [1.82, 2.24) is 19.9 Å². The number of esters is 1. The van der Waals surface area contributed by atoms with Crippen molar-refractivity contribution in [3.63, 3.8) is 0 Å². The van der Waals surface area contributed by atoms with Crippen molar-refractivity contribution in [2.45, 2.75) is 34.3 Å². The van der Waals surface area contributed by atoms with Crippen LogP contribution >= 0.6 is 23.1 Å². The minimum Gasteiger partial charge on any atom is -0.464 e. The number of methoxy groups -OCH3 is 1. The van der Waals surface area contributed by atoms with Crippen LogP contribution in [0.2, 0.25) is 0 Å². The number of hydrogen-bond acceptors (Lipinski definition) is 10. The summed E-state index contributed by atoms with van der Waals surface area (Å²) in [5, 5.41) is 5.40. The Morgan fingerprint density at radius 2 is 2.24 bits per heavy atom. The first-order valence-electron chi connectivity index (χ1n) is 10.9. The normalized spacial score (nSPS) is 21.6. The first-order chi connectivity index (χ1) is 16.4. The molecule has 9 nitrogen and oxygen atoms in total. The number of halogens is 1. The Balaban J connectivity index is 1.50. The highest BCUT2D eigenvalue weighted by Crippen LogP contribution is 2.44. The number of nitrogens with two attached hydrogens (primary N) is 1. The van der Waals surface area contributed by atoms with Gasteiger partial charge in [-0.05, 0) is 42.7 Å². The Morgan fingerprint density at radius 1 is 1.38 bits per heavy atom. The molecule has 176 valence electrons. The summed E-state index contributed by atoms with van der Waals surface area (Å²) in [6, 6.07) is 3.49. The number of aromatic amines is 1. The fraction of sp³-hybridized carbons (Fsp3) is 0.364. The van der Waals surface area contributed by atoms with Gasteiger partial charge < -0.3 is 25.7 Å². The van der Waals surface area contributed by atoms with Crippen molar-refractivity contribution in [2.75, 3.05) is 30.9 Å². The van der Waals surface area contributed by atoms with Crippen molar-refractivity contribution in [1.29, 1.82) is 0 Å². The highest BCUT2D eigenvalue weighted by atomic mass is 32.2. The summed E-state index contributed by atoms with van der Waals surface area (Å²) in [7, 11) is 3.09. The van der Waals surface area contributed by atoms with Gasteiger partial charge in [-0.2, -0.15) is 0 Å². The zero-order valence-corrected chi connectivity index (χ0v) is 20.1. The van der Waals surface area contributed by atoms with Crippen LogP contribution in [0.5, 0.6) is 0 Å². The summed E-state index contributed by atoms with van der Waals surface area (Å²) in [5.74, 6) is 0.399. The van der Waals surface area contributed by atoms with Gasteiger partial charge in [-0.3, -0.25) is 0 Å². The molecule has 3 atom stereocenters. The number of rotatable bonds is 5. The van der Waals surface area contributed by atoms with Gasteiger partial charge in [0.15, 0.2) is 5.16 Å². The third kappa shape index (κ3) is 3.39. The van der Waals surface area contributed by atoms with E-state index in [2.05, 4.69) is 20.2 Å². The van der Waals surface area contributed by atoms with Gasteiger partial charge in [-0.25, -0.2) is 24.1 Å². The minimum absolute atomic E-state index is 0.206. The lowest BCUT2D eigenvalue weighted by atomic mass is 10.0. The minimum atomic E-state index is -0.476. The summed E-state index contributed by atoms with van der Waals surface area (Å²) in [6.45, 7) is 0.815. The maximum atomic E-state index is 14.5. The fourth-order valence-electron chi connectivity index (χ4n) is 5.11. The summed E-state index contributed by atoms with van der Waals surface area (Å²) in [5.41, 5.74) is 8.37. The Kier molecular flexibility index (Phi) is 5.12. The van der Waals surface area contributed by atoms with E-state index in [1.165, 1.54) is 42.3 Å². The van der Waals surface area contributed by atoms with E-state index in [4.69, 9.17) is 20.4 Å². The van der Waals surface area contributed by atoms with E-state index < -0.39 is 5.97 Å². The molecule has 2 aliphatic rings. The lowest BCUT2D eigenvalue weighted by Crippen LogP contribution is -2.41. The molecule has 0 radical (unpaired) electrons. The maximum absolute atomic E-state index is 14.5. The first-order valence-corrected chi connectivity index (χ1v) is 12.5. The van der Waals surface area contributed by atoms with Gasteiger partial charge in [0.05, 0.1) is 34.1 Å². The molecule has 6 rings (SSSR count).